The second kappa shape index (κ2) is 6.05. The minimum atomic E-state index is -0.185. The number of hydrogen-bond acceptors (Lipinski definition) is 3. The van der Waals surface area contributed by atoms with Gasteiger partial charge in [-0.2, -0.15) is 0 Å². The van der Waals surface area contributed by atoms with E-state index in [0.717, 1.165) is 11.1 Å². The van der Waals surface area contributed by atoms with Crippen molar-refractivity contribution in [3.05, 3.63) is 34.9 Å². The van der Waals surface area contributed by atoms with E-state index in [2.05, 4.69) is 10.5 Å². The standard InChI is InChI=1S/C13H19N3O2/c1-8-4-5-11(6-9(8)2)13(17)15-10(3)7-12(14)16-18/h4-6,10,18H,7H2,1-3H3,(H2,14,16)(H,15,17). The van der Waals surface area contributed by atoms with E-state index in [4.69, 9.17) is 10.9 Å². The number of carbonyl (C=O) groups is 1. The van der Waals surface area contributed by atoms with E-state index in [0.29, 0.717) is 12.0 Å². The maximum Gasteiger partial charge on any atom is 0.251 e. The van der Waals surface area contributed by atoms with E-state index in [1.807, 2.05) is 26.0 Å². The van der Waals surface area contributed by atoms with Crippen molar-refractivity contribution in [2.24, 2.45) is 10.9 Å². The molecule has 0 fully saturated rings. The average molecular weight is 249 g/mol. The third kappa shape index (κ3) is 3.76. The molecule has 1 rings (SSSR count). The van der Waals surface area contributed by atoms with Crippen molar-refractivity contribution in [2.75, 3.05) is 0 Å². The summed E-state index contributed by atoms with van der Waals surface area (Å²) in [6, 6.07) is 5.36. The number of nitrogens with one attached hydrogen (secondary N) is 1. The van der Waals surface area contributed by atoms with Crippen LogP contribution in [0.15, 0.2) is 23.4 Å². The second-order valence-electron chi connectivity index (χ2n) is 4.47. The molecular formula is C13H19N3O2. The minimum Gasteiger partial charge on any atom is -0.409 e. The number of nitrogens with two attached hydrogens (primary N) is 1. The van der Waals surface area contributed by atoms with Gasteiger partial charge in [0.1, 0.15) is 5.84 Å². The maximum absolute atomic E-state index is 11.9. The van der Waals surface area contributed by atoms with Crippen molar-refractivity contribution in [3.8, 4) is 0 Å². The Morgan fingerprint density at radius 3 is 2.67 bits per heavy atom. The molecule has 0 aromatic heterocycles. The Bertz CT molecular complexity index is 469. The molecule has 0 radical (unpaired) electrons. The summed E-state index contributed by atoms with van der Waals surface area (Å²) < 4.78 is 0. The summed E-state index contributed by atoms with van der Waals surface area (Å²) in [5, 5.41) is 14.1. The van der Waals surface area contributed by atoms with Crippen LogP contribution in [-0.4, -0.2) is 23.0 Å². The quantitative estimate of drug-likeness (QED) is 0.327. The molecule has 1 atom stereocenters. The lowest BCUT2D eigenvalue weighted by molar-refractivity contribution is 0.0941. The summed E-state index contributed by atoms with van der Waals surface area (Å²) >= 11 is 0. The van der Waals surface area contributed by atoms with Crippen LogP contribution in [-0.2, 0) is 0 Å². The lowest BCUT2D eigenvalue weighted by atomic mass is 10.1. The zero-order valence-electron chi connectivity index (χ0n) is 10.9. The topological polar surface area (TPSA) is 87.7 Å². The summed E-state index contributed by atoms with van der Waals surface area (Å²) in [5.74, 6) is -0.0563. The summed E-state index contributed by atoms with van der Waals surface area (Å²) in [6.45, 7) is 5.76. The number of amidine groups is 1. The van der Waals surface area contributed by atoms with Gasteiger partial charge in [-0.15, -0.1) is 0 Å². The predicted octanol–water partition coefficient (Wildman–Crippen LogP) is 1.56. The van der Waals surface area contributed by atoms with Gasteiger partial charge >= 0.3 is 0 Å². The maximum atomic E-state index is 11.9. The number of aryl methyl sites for hydroxylation is 2. The van der Waals surface area contributed by atoms with Crippen LogP contribution in [0.5, 0.6) is 0 Å². The van der Waals surface area contributed by atoms with Crippen LogP contribution in [0.2, 0.25) is 0 Å². The Kier molecular flexibility index (Phi) is 4.71. The SMILES string of the molecule is Cc1ccc(C(=O)NC(C)CC(N)=NO)cc1C. The molecule has 0 aliphatic heterocycles. The van der Waals surface area contributed by atoms with Gasteiger partial charge in [0.2, 0.25) is 0 Å². The van der Waals surface area contributed by atoms with E-state index in [1.165, 1.54) is 0 Å². The van der Waals surface area contributed by atoms with Crippen molar-refractivity contribution >= 4 is 11.7 Å². The van der Waals surface area contributed by atoms with Crippen LogP contribution in [0.1, 0.15) is 34.8 Å². The van der Waals surface area contributed by atoms with E-state index in [-0.39, 0.29) is 17.8 Å². The highest BCUT2D eigenvalue weighted by molar-refractivity contribution is 5.95. The Balaban J connectivity index is 2.67. The average Bonchev–Trinajstić information content (AvgIpc) is 2.32. The van der Waals surface area contributed by atoms with E-state index in [1.54, 1.807) is 13.0 Å². The van der Waals surface area contributed by atoms with Gasteiger partial charge in [-0.1, -0.05) is 11.2 Å². The van der Waals surface area contributed by atoms with Gasteiger partial charge in [0.25, 0.3) is 5.91 Å². The van der Waals surface area contributed by atoms with Gasteiger partial charge in [-0.3, -0.25) is 4.79 Å². The molecule has 0 saturated heterocycles. The Morgan fingerprint density at radius 1 is 1.44 bits per heavy atom. The molecule has 98 valence electrons. The Hall–Kier alpha value is -2.04. The summed E-state index contributed by atoms with van der Waals surface area (Å²) in [7, 11) is 0. The second-order valence-corrected chi connectivity index (χ2v) is 4.47. The first-order valence-electron chi connectivity index (χ1n) is 5.78. The zero-order chi connectivity index (χ0) is 13.7. The van der Waals surface area contributed by atoms with Crippen molar-refractivity contribution in [2.45, 2.75) is 33.2 Å². The molecule has 1 unspecified atom stereocenters. The Morgan fingerprint density at radius 2 is 2.11 bits per heavy atom. The lowest BCUT2D eigenvalue weighted by Gasteiger charge is -2.13. The van der Waals surface area contributed by atoms with E-state index < -0.39 is 0 Å². The number of rotatable bonds is 4. The molecule has 0 saturated carbocycles. The number of carbonyl (C=O) groups excluding carboxylic acids is 1. The highest BCUT2D eigenvalue weighted by Gasteiger charge is 2.11. The summed E-state index contributed by atoms with van der Waals surface area (Å²) in [5.41, 5.74) is 8.22. The molecule has 0 spiro atoms. The summed E-state index contributed by atoms with van der Waals surface area (Å²) in [4.78, 5) is 11.9. The van der Waals surface area contributed by atoms with Crippen LogP contribution in [0.25, 0.3) is 0 Å². The molecule has 5 heteroatoms. The van der Waals surface area contributed by atoms with Crippen molar-refractivity contribution in [3.63, 3.8) is 0 Å². The van der Waals surface area contributed by atoms with Crippen molar-refractivity contribution < 1.29 is 10.0 Å². The Labute approximate surface area is 107 Å². The zero-order valence-corrected chi connectivity index (χ0v) is 10.9. The van der Waals surface area contributed by atoms with Crippen LogP contribution < -0.4 is 11.1 Å². The van der Waals surface area contributed by atoms with Gasteiger partial charge < -0.3 is 16.3 Å². The van der Waals surface area contributed by atoms with Crippen molar-refractivity contribution in [1.82, 2.24) is 5.32 Å². The molecule has 0 aliphatic rings. The molecule has 0 bridgehead atoms. The van der Waals surface area contributed by atoms with E-state index in [9.17, 15) is 4.79 Å². The van der Waals surface area contributed by atoms with E-state index >= 15 is 0 Å². The highest BCUT2D eigenvalue weighted by atomic mass is 16.4. The molecule has 18 heavy (non-hydrogen) atoms. The number of benzene rings is 1. The molecule has 0 heterocycles. The molecule has 1 aromatic rings. The minimum absolute atomic E-state index is 0.0999. The fourth-order valence-corrected chi connectivity index (χ4v) is 1.60. The molecule has 0 aliphatic carbocycles. The first kappa shape index (κ1) is 14.0. The first-order chi connectivity index (χ1) is 8.43. The third-order valence-corrected chi connectivity index (χ3v) is 2.79. The highest BCUT2D eigenvalue weighted by Crippen LogP contribution is 2.10. The predicted molar refractivity (Wildman–Crippen MR) is 70.9 cm³/mol. The number of oxime groups is 1. The van der Waals surface area contributed by atoms with Crippen LogP contribution in [0, 0.1) is 13.8 Å². The van der Waals surface area contributed by atoms with Crippen LogP contribution >= 0.6 is 0 Å². The lowest BCUT2D eigenvalue weighted by Crippen LogP contribution is -2.35. The normalized spacial score (nSPS) is 13.2. The number of amides is 1. The van der Waals surface area contributed by atoms with Gasteiger partial charge in [0, 0.05) is 18.0 Å². The number of hydrogen-bond donors (Lipinski definition) is 3. The smallest absolute Gasteiger partial charge is 0.251 e. The molecular weight excluding hydrogens is 230 g/mol. The largest absolute Gasteiger partial charge is 0.409 e. The molecule has 4 N–H and O–H groups in total. The fourth-order valence-electron chi connectivity index (χ4n) is 1.60. The van der Waals surface area contributed by atoms with Crippen LogP contribution in [0.4, 0.5) is 0 Å². The van der Waals surface area contributed by atoms with Gasteiger partial charge in [0.05, 0.1) is 0 Å². The van der Waals surface area contributed by atoms with Crippen LogP contribution in [0.3, 0.4) is 0 Å². The molecule has 1 aromatic carbocycles. The van der Waals surface area contributed by atoms with Gasteiger partial charge in [-0.25, -0.2) is 0 Å². The van der Waals surface area contributed by atoms with Gasteiger partial charge in [0.15, 0.2) is 0 Å². The van der Waals surface area contributed by atoms with Gasteiger partial charge in [-0.05, 0) is 44.0 Å². The first-order valence-corrected chi connectivity index (χ1v) is 5.78. The number of nitrogens with zero attached hydrogens (tertiary/aromatic N) is 1. The third-order valence-electron chi connectivity index (χ3n) is 2.79. The fraction of sp³-hybridized carbons (Fsp3) is 0.385. The summed E-state index contributed by atoms with van der Waals surface area (Å²) in [6.07, 6.45) is 0.313. The van der Waals surface area contributed by atoms with Crippen molar-refractivity contribution in [1.29, 1.82) is 0 Å². The monoisotopic (exact) mass is 249 g/mol. The molecule has 1 amide bonds. The molecule has 5 nitrogen and oxygen atoms in total.